The molecule has 3 rings (SSSR count). The molecule has 0 unspecified atom stereocenters. The Labute approximate surface area is 164 Å². The number of fused-ring (bicyclic) bond motifs is 1. The third kappa shape index (κ3) is 5.81. The first kappa shape index (κ1) is 22.6. The van der Waals surface area contributed by atoms with Gasteiger partial charge in [-0.3, -0.25) is 29.8 Å². The number of aromatic amines is 4. The van der Waals surface area contributed by atoms with E-state index in [1.165, 1.54) is 23.5 Å². The van der Waals surface area contributed by atoms with Crippen LogP contribution in [0.2, 0.25) is 0 Å². The molecule has 0 aliphatic rings. The number of aromatic nitrogens is 6. The Bertz CT molecular complexity index is 1080. The van der Waals surface area contributed by atoms with Gasteiger partial charge in [-0.15, -0.1) is 23.5 Å². The lowest BCUT2D eigenvalue weighted by molar-refractivity contribution is 0.0998. The van der Waals surface area contributed by atoms with Crippen LogP contribution in [0, 0.1) is 0 Å². The van der Waals surface area contributed by atoms with E-state index in [0.29, 0.717) is 21.1 Å². The van der Waals surface area contributed by atoms with Crippen LogP contribution in [-0.4, -0.2) is 54.8 Å². The molecule has 16 heteroatoms. The molecule has 3 heterocycles. The topological polar surface area (TPSA) is 261 Å². The summed E-state index contributed by atoms with van der Waals surface area (Å²) in [5, 5.41) is 14.2. The van der Waals surface area contributed by atoms with Crippen molar-refractivity contribution in [2.24, 2.45) is 17.2 Å². The van der Waals surface area contributed by atoms with Gasteiger partial charge in [0, 0.05) is 0 Å². The molecule has 3 amide bonds. The highest BCUT2D eigenvalue weighted by Gasteiger charge is 2.14. The van der Waals surface area contributed by atoms with Gasteiger partial charge in [0.25, 0.3) is 11.5 Å². The van der Waals surface area contributed by atoms with Crippen LogP contribution in [0.15, 0.2) is 19.6 Å². The number of amides is 3. The Morgan fingerprint density at radius 3 is 1.93 bits per heavy atom. The summed E-state index contributed by atoms with van der Waals surface area (Å²) in [6, 6.07) is -0.833. The average molecular weight is 430 g/mol. The number of primary amides is 3. The molecule has 12 N–H and O–H groups in total. The second kappa shape index (κ2) is 10.1. The first-order chi connectivity index (χ1) is 13.1. The maximum absolute atomic E-state index is 11.3. The van der Waals surface area contributed by atoms with Gasteiger partial charge < -0.3 is 22.9 Å². The fourth-order valence-corrected chi connectivity index (χ4v) is 2.90. The van der Waals surface area contributed by atoms with Crippen molar-refractivity contribution >= 4 is 52.3 Å². The van der Waals surface area contributed by atoms with Crippen LogP contribution in [0.25, 0.3) is 11.0 Å². The maximum atomic E-state index is 11.3. The summed E-state index contributed by atoms with van der Waals surface area (Å²) in [5.41, 5.74) is 18.6. The van der Waals surface area contributed by atoms with E-state index in [1.807, 2.05) is 0 Å². The van der Waals surface area contributed by atoms with Crippen LogP contribution >= 0.6 is 23.5 Å². The van der Waals surface area contributed by atoms with E-state index in [9.17, 15) is 14.4 Å². The maximum Gasteiger partial charge on any atom is 0.327 e. The molecule has 28 heavy (non-hydrogen) atoms. The van der Waals surface area contributed by atoms with Crippen LogP contribution < -0.4 is 34.2 Å². The van der Waals surface area contributed by atoms with Crippen LogP contribution in [-0.2, 0) is 0 Å². The number of nitrogens with zero attached hydrogens (tertiary/aromatic N) is 2. The van der Waals surface area contributed by atoms with Crippen LogP contribution in [0.4, 0.5) is 10.6 Å². The van der Waals surface area contributed by atoms with Gasteiger partial charge in [0.05, 0.1) is 0 Å². The normalized spacial score (nSPS) is 9.79. The first-order valence-electron chi connectivity index (χ1n) is 7.09. The second-order valence-corrected chi connectivity index (χ2v) is 6.27. The van der Waals surface area contributed by atoms with Crippen molar-refractivity contribution in [3.05, 3.63) is 26.4 Å². The monoisotopic (exact) mass is 430 g/mol. The molecule has 0 saturated heterocycles. The highest BCUT2D eigenvalue weighted by atomic mass is 32.2. The third-order valence-corrected chi connectivity index (χ3v) is 4.18. The quantitative estimate of drug-likeness (QED) is 0.224. The van der Waals surface area contributed by atoms with Crippen LogP contribution in [0.1, 0.15) is 10.4 Å². The Hall–Kier alpha value is -3.40. The second-order valence-electron chi connectivity index (χ2n) is 4.68. The van der Waals surface area contributed by atoms with E-state index in [-0.39, 0.29) is 11.4 Å². The fourth-order valence-electron chi connectivity index (χ4n) is 1.81. The lowest BCUT2D eigenvalue weighted by atomic mass is 10.3. The van der Waals surface area contributed by atoms with E-state index >= 15 is 0 Å². The standard InChI is InChI=1S/C6H6N4O2S.C5H8N4OS.CH4N2O/c1-13-5-2-3(9-10-5)7-6(12)8-4(2)11;1-11-5-2(4(7)10)3(6)8-9-5;2-1(3)4/h1H3,(H3,7,8,9,10,11,12);1H3,(H2,7,10)(H3,6,8,9);(H4,2,3,4). The summed E-state index contributed by atoms with van der Waals surface area (Å²) < 4.78 is 0. The number of nitrogens with one attached hydrogen (secondary N) is 4. The van der Waals surface area contributed by atoms with Gasteiger partial charge in [0.2, 0.25) is 0 Å². The average Bonchev–Trinajstić information content (AvgIpc) is 3.17. The minimum Gasteiger partial charge on any atom is -0.383 e. The van der Waals surface area contributed by atoms with Gasteiger partial charge in [-0.05, 0) is 12.5 Å². The van der Waals surface area contributed by atoms with Gasteiger partial charge in [-0.1, -0.05) is 0 Å². The SMILES string of the molecule is CSc1n[nH]c(N)c1C(N)=O.CSc1n[nH]c2[nH]c(=O)[nH]c(=O)c12.NC(N)=O. The van der Waals surface area contributed by atoms with Crippen molar-refractivity contribution in [1.82, 2.24) is 30.4 Å². The minimum absolute atomic E-state index is 0.224. The fraction of sp³-hybridized carbons (Fsp3) is 0.167. The van der Waals surface area contributed by atoms with Crippen molar-refractivity contribution in [2.75, 3.05) is 18.2 Å². The molecule has 0 aliphatic carbocycles. The molecule has 0 fully saturated rings. The predicted molar refractivity (Wildman–Crippen MR) is 106 cm³/mol. The number of carbonyl (C=O) groups is 2. The molecular formula is C12H18N10O4S2. The molecule has 152 valence electrons. The van der Waals surface area contributed by atoms with Gasteiger partial charge in [-0.25, -0.2) is 9.59 Å². The Kier molecular flexibility index (Phi) is 8.14. The van der Waals surface area contributed by atoms with Crippen LogP contribution in [0.5, 0.6) is 0 Å². The predicted octanol–water partition coefficient (Wildman–Crippen LogP) is -1.50. The summed E-state index contributed by atoms with van der Waals surface area (Å²) in [4.78, 5) is 46.4. The lowest BCUT2D eigenvalue weighted by Crippen LogP contribution is -2.21. The molecule has 0 aliphatic heterocycles. The van der Waals surface area contributed by atoms with E-state index < -0.39 is 23.2 Å². The molecule has 0 aromatic carbocycles. The Morgan fingerprint density at radius 1 is 0.929 bits per heavy atom. The van der Waals surface area contributed by atoms with E-state index in [4.69, 9.17) is 16.3 Å². The number of urea groups is 1. The summed E-state index contributed by atoms with van der Waals surface area (Å²) in [6.07, 6.45) is 3.60. The van der Waals surface area contributed by atoms with Gasteiger partial charge in [0.1, 0.15) is 32.5 Å². The summed E-state index contributed by atoms with van der Waals surface area (Å²) in [7, 11) is 0. The lowest BCUT2D eigenvalue weighted by Gasteiger charge is -1.92. The van der Waals surface area contributed by atoms with E-state index in [2.05, 4.69) is 41.8 Å². The van der Waals surface area contributed by atoms with Gasteiger partial charge >= 0.3 is 11.7 Å². The summed E-state index contributed by atoms with van der Waals surface area (Å²) in [5.74, 6) is -0.331. The molecule has 0 bridgehead atoms. The number of nitrogens with two attached hydrogens (primary N) is 4. The summed E-state index contributed by atoms with van der Waals surface area (Å²) in [6.45, 7) is 0. The molecule has 14 nitrogen and oxygen atoms in total. The zero-order chi connectivity index (χ0) is 21.4. The molecule has 3 aromatic heterocycles. The van der Waals surface area contributed by atoms with Gasteiger partial charge in [-0.2, -0.15) is 10.2 Å². The van der Waals surface area contributed by atoms with E-state index in [0.717, 1.165) is 0 Å². The number of thioether (sulfide) groups is 2. The number of anilines is 1. The molecule has 0 atom stereocenters. The highest BCUT2D eigenvalue weighted by molar-refractivity contribution is 7.98. The number of nitrogen functional groups attached to an aromatic ring is 1. The number of H-pyrrole nitrogens is 4. The number of carbonyl (C=O) groups excluding carboxylic acids is 2. The zero-order valence-corrected chi connectivity index (χ0v) is 16.3. The molecule has 0 saturated carbocycles. The molecule has 3 aromatic rings. The van der Waals surface area contributed by atoms with E-state index in [1.54, 1.807) is 12.5 Å². The van der Waals surface area contributed by atoms with Crippen molar-refractivity contribution in [3.63, 3.8) is 0 Å². The minimum atomic E-state index is -0.833. The third-order valence-electron chi connectivity index (χ3n) is 2.82. The van der Waals surface area contributed by atoms with Crippen molar-refractivity contribution in [2.45, 2.75) is 10.1 Å². The summed E-state index contributed by atoms with van der Waals surface area (Å²) >= 11 is 2.66. The molecular weight excluding hydrogens is 412 g/mol. The highest BCUT2D eigenvalue weighted by Crippen LogP contribution is 2.20. The number of hydrogen-bond acceptors (Lipinski definition) is 9. The number of hydrogen-bond donors (Lipinski definition) is 8. The van der Waals surface area contributed by atoms with Crippen LogP contribution in [0.3, 0.4) is 0 Å². The smallest absolute Gasteiger partial charge is 0.327 e. The van der Waals surface area contributed by atoms with Crippen molar-refractivity contribution in [1.29, 1.82) is 0 Å². The zero-order valence-electron chi connectivity index (χ0n) is 14.7. The van der Waals surface area contributed by atoms with Crippen molar-refractivity contribution < 1.29 is 9.59 Å². The van der Waals surface area contributed by atoms with Crippen molar-refractivity contribution in [3.8, 4) is 0 Å². The first-order valence-corrected chi connectivity index (χ1v) is 9.54. The Morgan fingerprint density at radius 2 is 1.46 bits per heavy atom. The number of rotatable bonds is 3. The Balaban J connectivity index is 0.000000239. The van der Waals surface area contributed by atoms with Gasteiger partial charge in [0.15, 0.2) is 0 Å². The molecule has 0 radical (unpaired) electrons. The molecule has 0 spiro atoms. The largest absolute Gasteiger partial charge is 0.383 e.